The first kappa shape index (κ1) is 12.2. The van der Waals surface area contributed by atoms with Crippen molar-refractivity contribution in [2.24, 2.45) is 0 Å². The average Bonchev–Trinajstić information content (AvgIpc) is 2.33. The molecule has 0 atom stereocenters. The summed E-state index contributed by atoms with van der Waals surface area (Å²) in [4.78, 5) is 2.36. The maximum absolute atomic E-state index is 9.91. The number of nitrogens with one attached hydrogen (secondary N) is 1. The predicted molar refractivity (Wildman–Crippen MR) is 71.7 cm³/mol. The molecule has 0 unspecified atom stereocenters. The third kappa shape index (κ3) is 2.72. The summed E-state index contributed by atoms with van der Waals surface area (Å²) in [5.41, 5.74) is 2.98. The quantitative estimate of drug-likeness (QED) is 0.825. The number of likely N-dealkylation sites (tertiary alicyclic amines) is 1. The van der Waals surface area contributed by atoms with E-state index in [9.17, 15) is 5.11 Å². The van der Waals surface area contributed by atoms with Crippen LogP contribution in [0.5, 0.6) is 5.75 Å². The number of hydrogen-bond acceptors (Lipinski definition) is 3. The standard InChI is InChI=1S/C14H22N2O/c1-10-4-5-13(11(2)14(10)17)15-12-6-8-16(3)9-7-12/h4-5,12,15,17H,6-9H2,1-3H3. The molecule has 1 heterocycles. The van der Waals surface area contributed by atoms with E-state index in [1.165, 1.54) is 12.8 Å². The molecule has 0 spiro atoms. The van der Waals surface area contributed by atoms with Crippen LogP contribution in [0, 0.1) is 13.8 Å². The van der Waals surface area contributed by atoms with Gasteiger partial charge in [0, 0.05) is 17.3 Å². The number of aryl methyl sites for hydroxylation is 1. The van der Waals surface area contributed by atoms with Gasteiger partial charge in [-0.15, -0.1) is 0 Å². The first-order chi connectivity index (χ1) is 8.08. The van der Waals surface area contributed by atoms with Gasteiger partial charge in [-0.3, -0.25) is 0 Å². The van der Waals surface area contributed by atoms with Gasteiger partial charge in [0.05, 0.1) is 0 Å². The summed E-state index contributed by atoms with van der Waals surface area (Å²) in [5, 5.41) is 13.5. The lowest BCUT2D eigenvalue weighted by Crippen LogP contribution is -2.36. The molecule has 0 bridgehead atoms. The summed E-state index contributed by atoms with van der Waals surface area (Å²) in [7, 11) is 2.17. The zero-order chi connectivity index (χ0) is 12.4. The molecule has 0 amide bonds. The molecule has 1 fully saturated rings. The molecule has 3 nitrogen and oxygen atoms in total. The van der Waals surface area contributed by atoms with Gasteiger partial charge < -0.3 is 15.3 Å². The van der Waals surface area contributed by atoms with E-state index in [4.69, 9.17) is 0 Å². The Morgan fingerprint density at radius 3 is 2.53 bits per heavy atom. The molecule has 94 valence electrons. The lowest BCUT2D eigenvalue weighted by atomic mass is 10.0. The summed E-state index contributed by atoms with van der Waals surface area (Å²) < 4.78 is 0. The number of phenols is 1. The molecular formula is C14H22N2O. The first-order valence-electron chi connectivity index (χ1n) is 6.32. The molecule has 1 aromatic rings. The number of hydrogen-bond donors (Lipinski definition) is 2. The fourth-order valence-corrected chi connectivity index (χ4v) is 2.36. The van der Waals surface area contributed by atoms with E-state index in [2.05, 4.69) is 23.3 Å². The van der Waals surface area contributed by atoms with Gasteiger partial charge in [0.2, 0.25) is 0 Å². The van der Waals surface area contributed by atoms with Crippen LogP contribution in [0.1, 0.15) is 24.0 Å². The Morgan fingerprint density at radius 2 is 1.88 bits per heavy atom. The largest absolute Gasteiger partial charge is 0.507 e. The number of benzene rings is 1. The van der Waals surface area contributed by atoms with E-state index < -0.39 is 0 Å². The van der Waals surface area contributed by atoms with Crippen LogP contribution in [-0.2, 0) is 0 Å². The molecule has 0 aliphatic carbocycles. The summed E-state index contributed by atoms with van der Waals surface area (Å²) in [6.45, 7) is 6.20. The Morgan fingerprint density at radius 1 is 1.24 bits per heavy atom. The highest BCUT2D eigenvalue weighted by Crippen LogP contribution is 2.29. The molecule has 2 rings (SSSR count). The molecule has 2 N–H and O–H groups in total. The normalized spacial score (nSPS) is 18.3. The molecule has 1 aromatic carbocycles. The maximum Gasteiger partial charge on any atom is 0.123 e. The third-order valence-corrected chi connectivity index (χ3v) is 3.71. The number of nitrogens with zero attached hydrogens (tertiary/aromatic N) is 1. The van der Waals surface area contributed by atoms with E-state index in [0.29, 0.717) is 11.8 Å². The number of anilines is 1. The third-order valence-electron chi connectivity index (χ3n) is 3.71. The van der Waals surface area contributed by atoms with Crippen molar-refractivity contribution < 1.29 is 5.11 Å². The van der Waals surface area contributed by atoms with Crippen LogP contribution < -0.4 is 5.32 Å². The minimum absolute atomic E-state index is 0.419. The van der Waals surface area contributed by atoms with Crippen LogP contribution in [0.3, 0.4) is 0 Å². The minimum atomic E-state index is 0.419. The Hall–Kier alpha value is -1.22. The smallest absolute Gasteiger partial charge is 0.123 e. The average molecular weight is 234 g/mol. The van der Waals surface area contributed by atoms with Crippen molar-refractivity contribution in [1.82, 2.24) is 4.90 Å². The molecule has 17 heavy (non-hydrogen) atoms. The molecule has 1 aliphatic rings. The topological polar surface area (TPSA) is 35.5 Å². The Labute approximate surface area is 103 Å². The highest BCUT2D eigenvalue weighted by atomic mass is 16.3. The van der Waals surface area contributed by atoms with Crippen LogP contribution in [0.25, 0.3) is 0 Å². The van der Waals surface area contributed by atoms with Crippen molar-refractivity contribution in [3.05, 3.63) is 23.3 Å². The first-order valence-corrected chi connectivity index (χ1v) is 6.32. The molecule has 1 aliphatic heterocycles. The van der Waals surface area contributed by atoms with Gasteiger partial charge >= 0.3 is 0 Å². The Bertz CT molecular complexity index is 395. The highest BCUT2D eigenvalue weighted by Gasteiger charge is 2.17. The van der Waals surface area contributed by atoms with Gasteiger partial charge in [-0.05, 0) is 58.5 Å². The predicted octanol–water partition coefficient (Wildman–Crippen LogP) is 2.52. The van der Waals surface area contributed by atoms with Gasteiger partial charge in [0.1, 0.15) is 5.75 Å². The SMILES string of the molecule is Cc1ccc(NC2CCN(C)CC2)c(C)c1O. The second-order valence-electron chi connectivity index (χ2n) is 5.13. The van der Waals surface area contributed by atoms with Crippen molar-refractivity contribution in [3.8, 4) is 5.75 Å². The van der Waals surface area contributed by atoms with Gasteiger partial charge in [0.25, 0.3) is 0 Å². The zero-order valence-corrected chi connectivity index (χ0v) is 11.0. The second-order valence-corrected chi connectivity index (χ2v) is 5.13. The molecular weight excluding hydrogens is 212 g/mol. The van der Waals surface area contributed by atoms with Gasteiger partial charge in [0.15, 0.2) is 0 Å². The van der Waals surface area contributed by atoms with E-state index in [1.807, 2.05) is 19.9 Å². The molecule has 1 saturated heterocycles. The number of phenolic OH excluding ortho intramolecular Hbond substituents is 1. The van der Waals surface area contributed by atoms with Crippen LogP contribution >= 0.6 is 0 Å². The monoisotopic (exact) mass is 234 g/mol. The summed E-state index contributed by atoms with van der Waals surface area (Å²) in [6.07, 6.45) is 2.34. The minimum Gasteiger partial charge on any atom is -0.507 e. The van der Waals surface area contributed by atoms with E-state index in [-0.39, 0.29) is 0 Å². The Balaban J connectivity index is 2.06. The van der Waals surface area contributed by atoms with Gasteiger partial charge in [-0.25, -0.2) is 0 Å². The number of aromatic hydroxyl groups is 1. The fourth-order valence-electron chi connectivity index (χ4n) is 2.36. The summed E-state index contributed by atoms with van der Waals surface area (Å²) >= 11 is 0. The van der Waals surface area contributed by atoms with E-state index >= 15 is 0 Å². The summed E-state index contributed by atoms with van der Waals surface area (Å²) in [6, 6.07) is 4.58. The van der Waals surface area contributed by atoms with Crippen LogP contribution in [0.15, 0.2) is 12.1 Å². The molecule has 0 radical (unpaired) electrons. The zero-order valence-electron chi connectivity index (χ0n) is 11.0. The van der Waals surface area contributed by atoms with Crippen LogP contribution in [-0.4, -0.2) is 36.2 Å². The van der Waals surface area contributed by atoms with Crippen molar-refractivity contribution >= 4 is 5.69 Å². The van der Waals surface area contributed by atoms with Gasteiger partial charge in [-0.2, -0.15) is 0 Å². The number of rotatable bonds is 2. The lowest BCUT2D eigenvalue weighted by Gasteiger charge is -2.30. The van der Waals surface area contributed by atoms with Crippen molar-refractivity contribution in [2.75, 3.05) is 25.5 Å². The number of piperidine rings is 1. The van der Waals surface area contributed by atoms with Crippen LogP contribution in [0.4, 0.5) is 5.69 Å². The summed E-state index contributed by atoms with van der Waals surface area (Å²) in [5.74, 6) is 0.419. The molecule has 3 heteroatoms. The lowest BCUT2D eigenvalue weighted by molar-refractivity contribution is 0.264. The van der Waals surface area contributed by atoms with Crippen molar-refractivity contribution in [2.45, 2.75) is 32.7 Å². The molecule has 0 saturated carbocycles. The molecule has 0 aromatic heterocycles. The van der Waals surface area contributed by atoms with E-state index in [1.54, 1.807) is 0 Å². The van der Waals surface area contributed by atoms with Crippen molar-refractivity contribution in [1.29, 1.82) is 0 Å². The fraction of sp³-hybridized carbons (Fsp3) is 0.571. The maximum atomic E-state index is 9.91. The second kappa shape index (κ2) is 4.96. The highest BCUT2D eigenvalue weighted by molar-refractivity contribution is 5.59. The van der Waals surface area contributed by atoms with Crippen molar-refractivity contribution in [3.63, 3.8) is 0 Å². The van der Waals surface area contributed by atoms with E-state index in [0.717, 1.165) is 29.9 Å². The van der Waals surface area contributed by atoms with Gasteiger partial charge in [-0.1, -0.05) is 6.07 Å². The van der Waals surface area contributed by atoms with Crippen LogP contribution in [0.2, 0.25) is 0 Å². The Kier molecular flexibility index (Phi) is 3.57.